The number of benzene rings is 2. The average molecular weight is 358 g/mol. The van der Waals surface area contributed by atoms with Gasteiger partial charge in [-0.1, -0.05) is 42.5 Å². The minimum atomic E-state index is -3.62. The summed E-state index contributed by atoms with van der Waals surface area (Å²) in [6.07, 6.45) is 0.176. The molecule has 4 rings (SSSR count). The van der Waals surface area contributed by atoms with E-state index in [2.05, 4.69) is 17.0 Å². The smallest absolute Gasteiger partial charge is 0.244 e. The Kier molecular flexibility index (Phi) is 4.37. The van der Waals surface area contributed by atoms with E-state index in [9.17, 15) is 13.5 Å². The van der Waals surface area contributed by atoms with Gasteiger partial charge in [-0.2, -0.15) is 4.31 Å². The van der Waals surface area contributed by atoms with Crippen molar-refractivity contribution >= 4 is 10.0 Å². The maximum Gasteiger partial charge on any atom is 0.244 e. The van der Waals surface area contributed by atoms with Gasteiger partial charge in [-0.15, -0.1) is 0 Å². The first-order valence-corrected chi connectivity index (χ1v) is 10.1. The molecule has 2 unspecified atom stereocenters. The number of aliphatic hydroxyl groups is 1. The molecule has 0 bridgehead atoms. The highest BCUT2D eigenvalue weighted by atomic mass is 32.2. The van der Waals surface area contributed by atoms with Gasteiger partial charge in [-0.05, 0) is 36.1 Å². The Balaban J connectivity index is 1.64. The Morgan fingerprint density at radius 3 is 2.36 bits per heavy atom. The van der Waals surface area contributed by atoms with Crippen LogP contribution in [0, 0.1) is 0 Å². The van der Waals surface area contributed by atoms with Crippen LogP contribution in [-0.2, 0) is 23.0 Å². The van der Waals surface area contributed by atoms with E-state index in [-0.39, 0.29) is 4.90 Å². The van der Waals surface area contributed by atoms with E-state index in [0.717, 1.165) is 13.0 Å². The van der Waals surface area contributed by atoms with E-state index >= 15 is 0 Å². The number of aliphatic hydroxyl groups excluding tert-OH is 1. The molecule has 6 heteroatoms. The minimum Gasteiger partial charge on any atom is -0.390 e. The van der Waals surface area contributed by atoms with E-state index < -0.39 is 22.3 Å². The van der Waals surface area contributed by atoms with Crippen molar-refractivity contribution in [1.82, 2.24) is 9.21 Å². The molecule has 0 radical (unpaired) electrons. The lowest BCUT2D eigenvalue weighted by Gasteiger charge is -2.38. The van der Waals surface area contributed by atoms with Crippen LogP contribution in [0.5, 0.6) is 0 Å². The van der Waals surface area contributed by atoms with Gasteiger partial charge >= 0.3 is 0 Å². The number of fused-ring (bicyclic) bond motifs is 1. The molecule has 0 spiro atoms. The Morgan fingerprint density at radius 1 is 0.920 bits per heavy atom. The lowest BCUT2D eigenvalue weighted by Crippen LogP contribution is -2.52. The summed E-state index contributed by atoms with van der Waals surface area (Å²) in [5.74, 6) is 0. The first-order valence-electron chi connectivity index (χ1n) is 8.63. The van der Waals surface area contributed by atoms with Crippen LogP contribution >= 0.6 is 0 Å². The van der Waals surface area contributed by atoms with Crippen LogP contribution in [-0.4, -0.2) is 48.1 Å². The molecule has 2 aromatic carbocycles. The van der Waals surface area contributed by atoms with Crippen molar-refractivity contribution in [3.63, 3.8) is 0 Å². The fraction of sp³-hybridized carbons (Fsp3) is 0.368. The molecule has 1 N–H and O–H groups in total. The summed E-state index contributed by atoms with van der Waals surface area (Å²) in [6, 6.07) is 16.7. The first-order chi connectivity index (χ1) is 12.1. The number of hydrogen-bond donors (Lipinski definition) is 1. The van der Waals surface area contributed by atoms with Gasteiger partial charge in [0.2, 0.25) is 10.0 Å². The zero-order valence-corrected chi connectivity index (χ0v) is 14.8. The second-order valence-corrected chi connectivity index (χ2v) is 8.58. The third-order valence-electron chi connectivity index (χ3n) is 5.17. The molecule has 2 aromatic rings. The van der Waals surface area contributed by atoms with Crippen molar-refractivity contribution in [2.45, 2.75) is 36.6 Å². The molecule has 1 saturated heterocycles. The van der Waals surface area contributed by atoms with Gasteiger partial charge < -0.3 is 5.11 Å². The SMILES string of the molecule is O=S(=O)(c1ccccc1)N1CCC(O)C1N1CCc2ccccc2C1. The van der Waals surface area contributed by atoms with Gasteiger partial charge in [-0.3, -0.25) is 4.90 Å². The van der Waals surface area contributed by atoms with Crippen molar-refractivity contribution < 1.29 is 13.5 Å². The zero-order valence-electron chi connectivity index (χ0n) is 14.0. The van der Waals surface area contributed by atoms with Crippen LogP contribution in [0.3, 0.4) is 0 Å². The van der Waals surface area contributed by atoms with Gasteiger partial charge in [-0.25, -0.2) is 8.42 Å². The highest BCUT2D eigenvalue weighted by Gasteiger charge is 2.44. The molecule has 0 aliphatic carbocycles. The largest absolute Gasteiger partial charge is 0.390 e. The fourth-order valence-corrected chi connectivity index (χ4v) is 5.57. The third kappa shape index (κ3) is 3.00. The molecule has 2 aliphatic heterocycles. The molecule has 0 aromatic heterocycles. The molecule has 1 fully saturated rings. The second kappa shape index (κ2) is 6.53. The standard InChI is InChI=1S/C19H22N2O3S/c22-18-11-13-21(25(23,24)17-8-2-1-3-9-17)19(18)20-12-10-15-6-4-5-7-16(15)14-20/h1-9,18-19,22H,10-14H2. The highest BCUT2D eigenvalue weighted by molar-refractivity contribution is 7.89. The second-order valence-electron chi connectivity index (χ2n) is 6.69. The van der Waals surface area contributed by atoms with Crippen molar-refractivity contribution in [2.75, 3.05) is 13.1 Å². The average Bonchev–Trinajstić information content (AvgIpc) is 3.04. The van der Waals surface area contributed by atoms with Crippen molar-refractivity contribution in [1.29, 1.82) is 0 Å². The molecule has 0 amide bonds. The van der Waals surface area contributed by atoms with Crippen molar-refractivity contribution in [3.05, 3.63) is 65.7 Å². The van der Waals surface area contributed by atoms with Crippen molar-refractivity contribution in [3.8, 4) is 0 Å². The predicted molar refractivity (Wildman–Crippen MR) is 95.3 cm³/mol. The van der Waals surface area contributed by atoms with Crippen molar-refractivity contribution in [2.24, 2.45) is 0 Å². The lowest BCUT2D eigenvalue weighted by atomic mass is 9.99. The number of hydrogen-bond acceptors (Lipinski definition) is 4. The van der Waals surface area contributed by atoms with Crippen LogP contribution in [0.2, 0.25) is 0 Å². The Morgan fingerprint density at radius 2 is 1.60 bits per heavy atom. The van der Waals surface area contributed by atoms with Gasteiger partial charge in [0.15, 0.2) is 0 Å². The summed E-state index contributed by atoms with van der Waals surface area (Å²) in [4.78, 5) is 2.38. The molecular weight excluding hydrogens is 336 g/mol. The summed E-state index contributed by atoms with van der Waals surface area (Å²) < 4.78 is 27.6. The molecule has 25 heavy (non-hydrogen) atoms. The summed E-state index contributed by atoms with van der Waals surface area (Å²) in [7, 11) is -3.62. The summed E-state index contributed by atoms with van der Waals surface area (Å²) in [5, 5.41) is 10.5. The maximum absolute atomic E-state index is 13.1. The molecule has 2 aliphatic rings. The monoisotopic (exact) mass is 358 g/mol. The van der Waals surface area contributed by atoms with E-state index in [1.54, 1.807) is 30.3 Å². The molecule has 2 atom stereocenters. The van der Waals surface area contributed by atoms with Gasteiger partial charge in [0.1, 0.15) is 6.17 Å². The normalized spacial score (nSPS) is 25.0. The minimum absolute atomic E-state index is 0.284. The van der Waals surface area contributed by atoms with Gasteiger partial charge in [0.05, 0.1) is 11.0 Å². The maximum atomic E-state index is 13.1. The van der Waals surface area contributed by atoms with Crippen LogP contribution in [0.4, 0.5) is 0 Å². The highest BCUT2D eigenvalue weighted by Crippen LogP contribution is 2.31. The number of rotatable bonds is 3. The van der Waals surface area contributed by atoms with Crippen LogP contribution in [0.1, 0.15) is 17.5 Å². The Bertz CT molecular complexity index is 854. The van der Waals surface area contributed by atoms with Gasteiger partial charge in [0.25, 0.3) is 0 Å². The quantitative estimate of drug-likeness (QED) is 0.909. The van der Waals surface area contributed by atoms with E-state index in [4.69, 9.17) is 0 Å². The van der Waals surface area contributed by atoms with Gasteiger partial charge in [0, 0.05) is 19.6 Å². The molecule has 2 heterocycles. The fourth-order valence-electron chi connectivity index (χ4n) is 3.89. The van der Waals surface area contributed by atoms with Crippen LogP contribution in [0.25, 0.3) is 0 Å². The number of nitrogens with zero attached hydrogens (tertiary/aromatic N) is 2. The predicted octanol–water partition coefficient (Wildman–Crippen LogP) is 1.83. The van der Waals surface area contributed by atoms with E-state index in [1.807, 2.05) is 12.1 Å². The molecular formula is C19H22N2O3S. The van der Waals surface area contributed by atoms with Crippen LogP contribution in [0.15, 0.2) is 59.5 Å². The first kappa shape index (κ1) is 16.7. The third-order valence-corrected chi connectivity index (χ3v) is 7.05. The van der Waals surface area contributed by atoms with E-state index in [1.165, 1.54) is 15.4 Å². The van der Waals surface area contributed by atoms with Crippen LogP contribution < -0.4 is 0 Å². The molecule has 132 valence electrons. The summed E-state index contributed by atoms with van der Waals surface area (Å²) >= 11 is 0. The number of sulfonamides is 1. The zero-order chi connectivity index (χ0) is 17.4. The lowest BCUT2D eigenvalue weighted by molar-refractivity contribution is 0.0227. The molecule has 5 nitrogen and oxygen atoms in total. The molecule has 0 saturated carbocycles. The Hall–Kier alpha value is -1.73. The van der Waals surface area contributed by atoms with E-state index in [0.29, 0.717) is 19.5 Å². The Labute approximate surface area is 148 Å². The summed E-state index contributed by atoms with van der Waals surface area (Å²) in [5.41, 5.74) is 2.52. The summed E-state index contributed by atoms with van der Waals surface area (Å²) in [6.45, 7) is 1.76. The topological polar surface area (TPSA) is 60.9 Å².